The number of nitrogens with zero attached hydrogens (tertiary/aromatic N) is 2. The highest BCUT2D eigenvalue weighted by molar-refractivity contribution is 6.00. The van der Waals surface area contributed by atoms with Gasteiger partial charge in [-0.2, -0.15) is 0 Å². The van der Waals surface area contributed by atoms with E-state index < -0.39 is 5.97 Å². The fourth-order valence-electron chi connectivity index (χ4n) is 3.87. The van der Waals surface area contributed by atoms with Crippen LogP contribution in [0.5, 0.6) is 11.5 Å². The molecule has 162 valence electrons. The molecule has 0 spiro atoms. The van der Waals surface area contributed by atoms with Crippen LogP contribution in [0.3, 0.4) is 0 Å². The van der Waals surface area contributed by atoms with Crippen LogP contribution in [0.2, 0.25) is 0 Å². The predicted octanol–water partition coefficient (Wildman–Crippen LogP) is 4.01. The third kappa shape index (κ3) is 3.39. The quantitative estimate of drug-likeness (QED) is 0.351. The molecule has 7 nitrogen and oxygen atoms in total. The lowest BCUT2D eigenvalue weighted by atomic mass is 10.1. The van der Waals surface area contributed by atoms with Crippen LogP contribution in [0.15, 0.2) is 60.8 Å². The fraction of sp³-hybridized carbons (Fsp3) is 0.167. The van der Waals surface area contributed by atoms with Crippen molar-refractivity contribution in [1.82, 2.24) is 9.13 Å². The molecule has 4 aromatic rings. The van der Waals surface area contributed by atoms with Crippen molar-refractivity contribution in [2.75, 3.05) is 20.3 Å². The molecule has 0 atom stereocenters. The average Bonchev–Trinajstić information content (AvgIpc) is 3.39. The van der Waals surface area contributed by atoms with Gasteiger partial charge in [-0.3, -0.25) is 4.79 Å². The second kappa shape index (κ2) is 7.88. The van der Waals surface area contributed by atoms with Gasteiger partial charge in [-0.1, -0.05) is 0 Å². The van der Waals surface area contributed by atoms with Gasteiger partial charge < -0.3 is 23.3 Å². The molecule has 0 unspecified atom stereocenters. The standard InChI is InChI=1S/C24H19FN2O5/c1-30-24(29)20-13-19-18(8-9-26(19)17-5-3-16(25)4-6-17)27(20)14-21(28)15-2-7-22-23(12-15)32-11-10-31-22/h2-9,12-13H,10-11,14H2,1H3. The number of carbonyl (C=O) groups excluding carboxylic acids is 2. The Hall–Kier alpha value is -4.07. The van der Waals surface area contributed by atoms with Crippen molar-refractivity contribution in [3.8, 4) is 17.2 Å². The van der Waals surface area contributed by atoms with Crippen LogP contribution in [0.4, 0.5) is 4.39 Å². The van der Waals surface area contributed by atoms with Gasteiger partial charge in [0.15, 0.2) is 17.3 Å². The highest BCUT2D eigenvalue weighted by Gasteiger charge is 2.22. The number of benzene rings is 2. The van der Waals surface area contributed by atoms with Gasteiger partial charge in [0.2, 0.25) is 0 Å². The first-order valence-electron chi connectivity index (χ1n) is 10.0. The molecule has 0 saturated carbocycles. The minimum Gasteiger partial charge on any atom is -0.486 e. The zero-order chi connectivity index (χ0) is 22.2. The lowest BCUT2D eigenvalue weighted by molar-refractivity contribution is 0.0589. The molecule has 3 heterocycles. The molecule has 2 aromatic carbocycles. The number of rotatable bonds is 5. The molecule has 0 aliphatic carbocycles. The van der Waals surface area contributed by atoms with Crippen LogP contribution < -0.4 is 9.47 Å². The van der Waals surface area contributed by atoms with Crippen molar-refractivity contribution in [3.63, 3.8) is 0 Å². The van der Waals surface area contributed by atoms with Crippen molar-refractivity contribution >= 4 is 22.8 Å². The second-order valence-electron chi connectivity index (χ2n) is 7.32. The second-order valence-corrected chi connectivity index (χ2v) is 7.32. The molecule has 2 aromatic heterocycles. The summed E-state index contributed by atoms with van der Waals surface area (Å²) in [4.78, 5) is 25.6. The number of aromatic nitrogens is 2. The SMILES string of the molecule is COC(=O)c1cc2c(ccn2-c2ccc(F)cc2)n1CC(=O)c1ccc2c(c1)OCCO2. The third-order valence-corrected chi connectivity index (χ3v) is 5.42. The molecule has 0 fully saturated rings. The lowest BCUT2D eigenvalue weighted by Crippen LogP contribution is -2.18. The summed E-state index contributed by atoms with van der Waals surface area (Å²) >= 11 is 0. The van der Waals surface area contributed by atoms with E-state index in [0.717, 1.165) is 5.69 Å². The Morgan fingerprint density at radius 2 is 1.72 bits per heavy atom. The van der Waals surface area contributed by atoms with Crippen LogP contribution in [0.25, 0.3) is 16.7 Å². The number of halogens is 1. The number of ether oxygens (including phenoxy) is 3. The predicted molar refractivity (Wildman–Crippen MR) is 114 cm³/mol. The topological polar surface area (TPSA) is 71.7 Å². The molecule has 0 bridgehead atoms. The first kappa shape index (κ1) is 19.9. The molecule has 8 heteroatoms. The fourth-order valence-corrected chi connectivity index (χ4v) is 3.87. The molecular formula is C24H19FN2O5. The van der Waals surface area contributed by atoms with E-state index in [2.05, 4.69) is 0 Å². The Bertz CT molecular complexity index is 1340. The van der Waals surface area contributed by atoms with E-state index in [4.69, 9.17) is 14.2 Å². The van der Waals surface area contributed by atoms with Gasteiger partial charge in [-0.15, -0.1) is 0 Å². The largest absolute Gasteiger partial charge is 0.486 e. The number of Topliss-reactive ketones (excluding diaryl/α,β-unsaturated/α-hetero) is 1. The Balaban J connectivity index is 1.54. The first-order valence-corrected chi connectivity index (χ1v) is 10.0. The maximum absolute atomic E-state index is 13.3. The van der Waals surface area contributed by atoms with E-state index in [9.17, 15) is 14.0 Å². The zero-order valence-electron chi connectivity index (χ0n) is 17.2. The molecule has 0 amide bonds. The van der Waals surface area contributed by atoms with Crippen molar-refractivity contribution < 1.29 is 28.2 Å². The average molecular weight is 434 g/mol. The van der Waals surface area contributed by atoms with E-state index in [1.807, 2.05) is 16.8 Å². The highest BCUT2D eigenvalue weighted by atomic mass is 19.1. The lowest BCUT2D eigenvalue weighted by Gasteiger charge is -2.18. The summed E-state index contributed by atoms with van der Waals surface area (Å²) < 4.78 is 32.8. The molecule has 0 saturated heterocycles. The third-order valence-electron chi connectivity index (χ3n) is 5.42. The van der Waals surface area contributed by atoms with Gasteiger partial charge in [0, 0.05) is 17.4 Å². The number of carbonyl (C=O) groups is 2. The summed E-state index contributed by atoms with van der Waals surface area (Å²) in [5, 5.41) is 0. The minimum absolute atomic E-state index is 0.0684. The molecule has 0 N–H and O–H groups in total. The zero-order valence-corrected chi connectivity index (χ0v) is 17.2. The monoisotopic (exact) mass is 434 g/mol. The van der Waals surface area contributed by atoms with E-state index in [1.54, 1.807) is 41.0 Å². The van der Waals surface area contributed by atoms with E-state index in [0.29, 0.717) is 41.3 Å². The van der Waals surface area contributed by atoms with Gasteiger partial charge in [0.25, 0.3) is 0 Å². The van der Waals surface area contributed by atoms with Crippen molar-refractivity contribution in [3.05, 3.63) is 77.9 Å². The Morgan fingerprint density at radius 3 is 2.47 bits per heavy atom. The maximum atomic E-state index is 13.3. The first-order chi connectivity index (χ1) is 15.5. The van der Waals surface area contributed by atoms with Crippen molar-refractivity contribution in [1.29, 1.82) is 0 Å². The van der Waals surface area contributed by atoms with Crippen LogP contribution in [0, 0.1) is 5.82 Å². The number of esters is 1. The molecule has 32 heavy (non-hydrogen) atoms. The number of hydrogen-bond acceptors (Lipinski definition) is 5. The van der Waals surface area contributed by atoms with Crippen LogP contribution >= 0.6 is 0 Å². The molecule has 1 aliphatic heterocycles. The number of hydrogen-bond donors (Lipinski definition) is 0. The minimum atomic E-state index is -0.554. The van der Waals surface area contributed by atoms with Crippen LogP contribution in [-0.4, -0.2) is 41.2 Å². The number of ketones is 1. The van der Waals surface area contributed by atoms with E-state index >= 15 is 0 Å². The van der Waals surface area contributed by atoms with Gasteiger partial charge in [0.1, 0.15) is 24.7 Å². The number of fused-ring (bicyclic) bond motifs is 2. The summed E-state index contributed by atoms with van der Waals surface area (Å²) in [5.41, 5.74) is 2.81. The van der Waals surface area contributed by atoms with Gasteiger partial charge in [-0.25, -0.2) is 9.18 Å². The molecular weight excluding hydrogens is 415 g/mol. The van der Waals surface area contributed by atoms with Gasteiger partial charge in [-0.05, 0) is 54.6 Å². The summed E-state index contributed by atoms with van der Waals surface area (Å²) in [6.45, 7) is 0.822. The molecule has 0 radical (unpaired) electrons. The smallest absolute Gasteiger partial charge is 0.354 e. The summed E-state index contributed by atoms with van der Waals surface area (Å²) in [6, 6.07) is 14.5. The Morgan fingerprint density at radius 1 is 0.969 bits per heavy atom. The Labute approximate surface area is 182 Å². The van der Waals surface area contributed by atoms with Crippen LogP contribution in [0.1, 0.15) is 20.8 Å². The summed E-state index contributed by atoms with van der Waals surface area (Å²) in [6.07, 6.45) is 1.81. The van der Waals surface area contributed by atoms with Gasteiger partial charge in [0.05, 0.1) is 24.7 Å². The van der Waals surface area contributed by atoms with Gasteiger partial charge >= 0.3 is 5.97 Å². The van der Waals surface area contributed by atoms with E-state index in [1.165, 1.54) is 19.2 Å². The normalized spacial score (nSPS) is 12.7. The summed E-state index contributed by atoms with van der Waals surface area (Å²) in [5.74, 6) is 0.0363. The highest BCUT2D eigenvalue weighted by Crippen LogP contribution is 2.31. The summed E-state index contributed by atoms with van der Waals surface area (Å²) in [7, 11) is 1.29. The van der Waals surface area contributed by atoms with E-state index in [-0.39, 0.29) is 23.8 Å². The van der Waals surface area contributed by atoms with Crippen molar-refractivity contribution in [2.45, 2.75) is 6.54 Å². The van der Waals surface area contributed by atoms with Crippen LogP contribution in [-0.2, 0) is 11.3 Å². The van der Waals surface area contributed by atoms with Crippen molar-refractivity contribution in [2.24, 2.45) is 0 Å². The maximum Gasteiger partial charge on any atom is 0.354 e. The number of methoxy groups -OCH3 is 1. The molecule has 1 aliphatic rings. The Kier molecular flexibility index (Phi) is 4.89. The molecule has 5 rings (SSSR count).